The zero-order valence-corrected chi connectivity index (χ0v) is 14.4. The van der Waals surface area contributed by atoms with E-state index in [1.165, 1.54) is 10.4 Å². The second kappa shape index (κ2) is 7.13. The number of anilines is 2. The lowest BCUT2D eigenvalue weighted by Crippen LogP contribution is -2.21. The molecule has 2 rings (SSSR count). The normalized spacial score (nSPS) is 10.6. The van der Waals surface area contributed by atoms with Gasteiger partial charge in [0.2, 0.25) is 5.91 Å². The van der Waals surface area contributed by atoms with E-state index in [1.807, 2.05) is 13.8 Å². The fourth-order valence-electron chi connectivity index (χ4n) is 2.01. The standard InChI is InChI=1S/C16H19ClN2O2S/c1-9-10(2)16(22-11(9)3)19-15(21)7-18-14-6-12(8-20)4-5-13(14)17/h4-6,18,20H,7-8H2,1-3H3,(H,19,21). The van der Waals surface area contributed by atoms with Gasteiger partial charge in [0.25, 0.3) is 0 Å². The third-order valence-electron chi connectivity index (χ3n) is 3.59. The van der Waals surface area contributed by atoms with Crippen molar-refractivity contribution in [2.45, 2.75) is 27.4 Å². The molecule has 0 saturated carbocycles. The smallest absolute Gasteiger partial charge is 0.244 e. The van der Waals surface area contributed by atoms with Gasteiger partial charge in [0.05, 0.1) is 28.9 Å². The van der Waals surface area contributed by atoms with Crippen LogP contribution in [0.25, 0.3) is 0 Å². The summed E-state index contributed by atoms with van der Waals surface area (Å²) in [6, 6.07) is 5.18. The number of hydrogen-bond donors (Lipinski definition) is 3. The number of carbonyl (C=O) groups is 1. The molecule has 0 unspecified atom stereocenters. The Morgan fingerprint density at radius 1 is 1.27 bits per heavy atom. The van der Waals surface area contributed by atoms with Crippen LogP contribution < -0.4 is 10.6 Å². The Hall–Kier alpha value is -1.56. The van der Waals surface area contributed by atoms with Crippen molar-refractivity contribution in [2.75, 3.05) is 17.2 Å². The van der Waals surface area contributed by atoms with Crippen LogP contribution in [0.4, 0.5) is 10.7 Å². The first-order valence-electron chi connectivity index (χ1n) is 6.92. The van der Waals surface area contributed by atoms with Crippen molar-refractivity contribution in [3.05, 3.63) is 44.8 Å². The number of aliphatic hydroxyl groups excluding tert-OH is 1. The van der Waals surface area contributed by atoms with Crippen LogP contribution >= 0.6 is 22.9 Å². The zero-order chi connectivity index (χ0) is 16.3. The fourth-order valence-corrected chi connectivity index (χ4v) is 3.28. The maximum absolute atomic E-state index is 12.1. The largest absolute Gasteiger partial charge is 0.392 e. The Morgan fingerprint density at radius 3 is 2.59 bits per heavy atom. The van der Waals surface area contributed by atoms with E-state index >= 15 is 0 Å². The molecule has 0 fully saturated rings. The van der Waals surface area contributed by atoms with E-state index < -0.39 is 0 Å². The monoisotopic (exact) mass is 338 g/mol. The number of aliphatic hydroxyl groups is 1. The van der Waals surface area contributed by atoms with Crippen molar-refractivity contribution >= 4 is 39.5 Å². The Morgan fingerprint density at radius 2 is 2.00 bits per heavy atom. The van der Waals surface area contributed by atoms with E-state index in [-0.39, 0.29) is 19.1 Å². The van der Waals surface area contributed by atoms with E-state index in [9.17, 15) is 4.79 Å². The van der Waals surface area contributed by atoms with Crippen LogP contribution in [0.1, 0.15) is 21.6 Å². The van der Waals surface area contributed by atoms with E-state index in [0.717, 1.165) is 16.1 Å². The summed E-state index contributed by atoms with van der Waals surface area (Å²) < 4.78 is 0. The van der Waals surface area contributed by atoms with Crippen molar-refractivity contribution in [2.24, 2.45) is 0 Å². The average molecular weight is 339 g/mol. The average Bonchev–Trinajstić information content (AvgIpc) is 2.73. The second-order valence-electron chi connectivity index (χ2n) is 5.11. The molecule has 0 aliphatic carbocycles. The zero-order valence-electron chi connectivity index (χ0n) is 12.8. The fraction of sp³-hybridized carbons (Fsp3) is 0.312. The molecule has 1 aromatic carbocycles. The maximum atomic E-state index is 12.1. The second-order valence-corrected chi connectivity index (χ2v) is 6.74. The molecule has 22 heavy (non-hydrogen) atoms. The third kappa shape index (κ3) is 3.80. The topological polar surface area (TPSA) is 61.4 Å². The van der Waals surface area contributed by atoms with Gasteiger partial charge in [0.15, 0.2) is 0 Å². The minimum Gasteiger partial charge on any atom is -0.392 e. The molecule has 0 saturated heterocycles. The van der Waals surface area contributed by atoms with Crippen molar-refractivity contribution in [3.8, 4) is 0 Å². The summed E-state index contributed by atoms with van der Waals surface area (Å²) in [6.07, 6.45) is 0. The van der Waals surface area contributed by atoms with Gasteiger partial charge in [-0.05, 0) is 49.6 Å². The molecule has 0 aliphatic rings. The summed E-state index contributed by atoms with van der Waals surface area (Å²) in [7, 11) is 0. The molecule has 0 bridgehead atoms. The van der Waals surface area contributed by atoms with Gasteiger partial charge in [-0.3, -0.25) is 4.79 Å². The number of nitrogens with one attached hydrogen (secondary N) is 2. The van der Waals surface area contributed by atoms with Gasteiger partial charge >= 0.3 is 0 Å². The molecule has 1 heterocycles. The highest BCUT2D eigenvalue weighted by molar-refractivity contribution is 7.16. The summed E-state index contributed by atoms with van der Waals surface area (Å²) >= 11 is 7.65. The Bertz CT molecular complexity index is 698. The SMILES string of the molecule is Cc1sc(NC(=O)CNc2cc(CO)ccc2Cl)c(C)c1C. The third-order valence-corrected chi connectivity index (χ3v) is 5.15. The van der Waals surface area contributed by atoms with E-state index in [4.69, 9.17) is 16.7 Å². The lowest BCUT2D eigenvalue weighted by Gasteiger charge is -2.10. The van der Waals surface area contributed by atoms with Crippen LogP contribution in [0, 0.1) is 20.8 Å². The summed E-state index contributed by atoms with van der Waals surface area (Å²) in [5, 5.41) is 16.5. The number of halogens is 1. The van der Waals surface area contributed by atoms with Crippen molar-refractivity contribution in [3.63, 3.8) is 0 Å². The number of rotatable bonds is 5. The minimum absolute atomic E-state index is 0.0645. The van der Waals surface area contributed by atoms with E-state index in [2.05, 4.69) is 17.6 Å². The van der Waals surface area contributed by atoms with Crippen LogP contribution in [-0.4, -0.2) is 17.6 Å². The molecule has 0 spiro atoms. The van der Waals surface area contributed by atoms with E-state index in [1.54, 1.807) is 29.5 Å². The number of hydrogen-bond acceptors (Lipinski definition) is 4. The highest BCUT2D eigenvalue weighted by Gasteiger charge is 2.11. The first-order chi connectivity index (χ1) is 10.4. The molecular weight excluding hydrogens is 320 g/mol. The van der Waals surface area contributed by atoms with Gasteiger partial charge in [-0.2, -0.15) is 0 Å². The van der Waals surface area contributed by atoms with Gasteiger partial charge < -0.3 is 15.7 Å². The molecule has 0 aliphatic heterocycles. The Balaban J connectivity index is 2.00. The first kappa shape index (κ1) is 16.8. The lowest BCUT2D eigenvalue weighted by molar-refractivity contribution is -0.114. The van der Waals surface area contributed by atoms with Crippen LogP contribution in [-0.2, 0) is 11.4 Å². The Kier molecular flexibility index (Phi) is 5.45. The quantitative estimate of drug-likeness (QED) is 0.775. The Labute approximate surface area is 139 Å². The molecule has 118 valence electrons. The number of benzene rings is 1. The van der Waals surface area contributed by atoms with Gasteiger partial charge in [-0.1, -0.05) is 17.7 Å². The molecule has 4 nitrogen and oxygen atoms in total. The van der Waals surface area contributed by atoms with Gasteiger partial charge in [0.1, 0.15) is 0 Å². The summed E-state index contributed by atoms with van der Waals surface area (Å²) in [4.78, 5) is 13.3. The number of aryl methyl sites for hydroxylation is 1. The van der Waals surface area contributed by atoms with Crippen molar-refractivity contribution in [1.29, 1.82) is 0 Å². The number of carbonyl (C=O) groups excluding carboxylic acids is 1. The van der Waals surface area contributed by atoms with Gasteiger partial charge in [-0.25, -0.2) is 0 Å². The molecule has 3 N–H and O–H groups in total. The first-order valence-corrected chi connectivity index (χ1v) is 8.11. The maximum Gasteiger partial charge on any atom is 0.244 e. The molecular formula is C16H19ClN2O2S. The highest BCUT2D eigenvalue weighted by atomic mass is 35.5. The predicted molar refractivity (Wildman–Crippen MR) is 93.0 cm³/mol. The van der Waals surface area contributed by atoms with Crippen LogP contribution in [0.5, 0.6) is 0 Å². The molecule has 1 aromatic heterocycles. The number of amides is 1. The molecule has 2 aromatic rings. The molecule has 0 atom stereocenters. The molecule has 1 amide bonds. The van der Waals surface area contributed by atoms with Crippen LogP contribution in [0.3, 0.4) is 0 Å². The number of thiophene rings is 1. The summed E-state index contributed by atoms with van der Waals surface area (Å²) in [6.45, 7) is 6.15. The van der Waals surface area contributed by atoms with Crippen LogP contribution in [0.2, 0.25) is 5.02 Å². The van der Waals surface area contributed by atoms with Crippen LogP contribution in [0.15, 0.2) is 18.2 Å². The van der Waals surface area contributed by atoms with E-state index in [0.29, 0.717) is 10.7 Å². The lowest BCUT2D eigenvalue weighted by atomic mass is 10.2. The summed E-state index contributed by atoms with van der Waals surface area (Å²) in [5.74, 6) is -0.130. The van der Waals surface area contributed by atoms with Crippen molar-refractivity contribution < 1.29 is 9.90 Å². The molecule has 0 radical (unpaired) electrons. The van der Waals surface area contributed by atoms with Crippen molar-refractivity contribution in [1.82, 2.24) is 0 Å². The summed E-state index contributed by atoms with van der Waals surface area (Å²) in [5.41, 5.74) is 3.70. The highest BCUT2D eigenvalue weighted by Crippen LogP contribution is 2.31. The predicted octanol–water partition coefficient (Wildman–Crippen LogP) is 3.87. The minimum atomic E-state index is -0.130. The molecule has 6 heteroatoms. The van der Waals surface area contributed by atoms with Gasteiger partial charge in [-0.15, -0.1) is 11.3 Å². The van der Waals surface area contributed by atoms with Gasteiger partial charge in [0, 0.05) is 4.88 Å².